The van der Waals surface area contributed by atoms with Crippen molar-refractivity contribution in [2.45, 2.75) is 11.2 Å². The molecule has 1 saturated heterocycles. The Hall–Kier alpha value is -1.48. The monoisotopic (exact) mass is 322 g/mol. The number of H-pyrrole nitrogens is 1. The van der Waals surface area contributed by atoms with E-state index in [1.807, 2.05) is 12.1 Å². The summed E-state index contributed by atoms with van der Waals surface area (Å²) in [4.78, 5) is 4.07. The van der Waals surface area contributed by atoms with E-state index >= 15 is 0 Å². The van der Waals surface area contributed by atoms with E-state index in [0.29, 0.717) is 5.92 Å². The van der Waals surface area contributed by atoms with Gasteiger partial charge < -0.3 is 5.32 Å². The lowest BCUT2D eigenvalue weighted by atomic mass is 9.95. The highest BCUT2D eigenvalue weighted by Crippen LogP contribution is 2.24. The van der Waals surface area contributed by atoms with Gasteiger partial charge in [0.05, 0.1) is 6.04 Å². The highest BCUT2D eigenvalue weighted by molar-refractivity contribution is 7.99. The fourth-order valence-electron chi connectivity index (χ4n) is 2.52. The van der Waals surface area contributed by atoms with Gasteiger partial charge in [-0.15, -0.1) is 0 Å². The highest BCUT2D eigenvalue weighted by Gasteiger charge is 2.27. The van der Waals surface area contributed by atoms with Gasteiger partial charge in [-0.05, 0) is 17.7 Å². The van der Waals surface area contributed by atoms with Crippen LogP contribution in [0, 0.1) is 11.7 Å². The summed E-state index contributed by atoms with van der Waals surface area (Å²) in [5, 5.41) is 10.9. The molecule has 2 unspecified atom stereocenters. The van der Waals surface area contributed by atoms with Crippen molar-refractivity contribution in [3.63, 3.8) is 0 Å². The lowest BCUT2D eigenvalue weighted by molar-refractivity contribution is 0.447. The van der Waals surface area contributed by atoms with Crippen molar-refractivity contribution in [1.29, 1.82) is 0 Å². The van der Waals surface area contributed by atoms with E-state index < -0.39 is 0 Å². The van der Waals surface area contributed by atoms with Crippen LogP contribution in [-0.4, -0.2) is 40.6 Å². The van der Waals surface area contributed by atoms with Crippen LogP contribution in [0.15, 0.2) is 35.7 Å². The van der Waals surface area contributed by atoms with Gasteiger partial charge in [0, 0.05) is 31.3 Å². The summed E-state index contributed by atoms with van der Waals surface area (Å²) in [6, 6.07) is 6.90. The van der Waals surface area contributed by atoms with E-state index in [4.69, 9.17) is 0 Å². The Kier molecular flexibility index (Phi) is 5.38. The third kappa shape index (κ3) is 4.04. The second-order valence-corrected chi connectivity index (χ2v) is 6.24. The molecule has 0 spiro atoms. The molecule has 0 saturated carbocycles. The minimum absolute atomic E-state index is 0.200. The number of hydrogen-bond acceptors (Lipinski definition) is 6. The Morgan fingerprint density at radius 3 is 2.95 bits per heavy atom. The van der Waals surface area contributed by atoms with Crippen LogP contribution in [0.5, 0.6) is 0 Å². The third-order valence-electron chi connectivity index (χ3n) is 3.64. The van der Waals surface area contributed by atoms with Crippen molar-refractivity contribution in [2.75, 3.05) is 25.4 Å². The molecule has 1 aliphatic rings. The molecule has 1 aromatic heterocycles. The Morgan fingerprint density at radius 1 is 1.32 bits per heavy atom. The van der Waals surface area contributed by atoms with Crippen molar-refractivity contribution >= 4 is 11.8 Å². The van der Waals surface area contributed by atoms with Gasteiger partial charge in [-0.1, -0.05) is 23.9 Å². The van der Waals surface area contributed by atoms with Crippen LogP contribution in [-0.2, 0) is 0 Å². The summed E-state index contributed by atoms with van der Waals surface area (Å²) in [6.45, 7) is 2.70. The van der Waals surface area contributed by atoms with Gasteiger partial charge >= 0.3 is 0 Å². The molecule has 8 heteroatoms. The van der Waals surface area contributed by atoms with Crippen LogP contribution in [0.2, 0.25) is 0 Å². The van der Waals surface area contributed by atoms with Crippen LogP contribution in [0.3, 0.4) is 0 Å². The Morgan fingerprint density at radius 2 is 2.18 bits per heavy atom. The second kappa shape index (κ2) is 7.68. The number of aromatic amines is 1. The minimum Gasteiger partial charge on any atom is -0.315 e. The molecule has 4 N–H and O–H groups in total. The number of halogens is 1. The Balaban J connectivity index is 1.42. The Bertz CT molecular complexity index is 561. The van der Waals surface area contributed by atoms with Gasteiger partial charge in [0.25, 0.3) is 0 Å². The third-order valence-corrected chi connectivity index (χ3v) is 4.52. The molecule has 3 rings (SSSR count). The normalized spacial score (nSPS) is 21.3. The van der Waals surface area contributed by atoms with E-state index in [0.717, 1.165) is 36.1 Å². The predicted octanol–water partition coefficient (Wildman–Crippen LogP) is 1.09. The Labute approximate surface area is 132 Å². The molecule has 2 heterocycles. The first kappa shape index (κ1) is 15.4. The molecule has 22 heavy (non-hydrogen) atoms. The topological polar surface area (TPSA) is 77.7 Å². The summed E-state index contributed by atoms with van der Waals surface area (Å²) < 4.78 is 13.0. The number of thioether (sulfide) groups is 1. The van der Waals surface area contributed by atoms with Gasteiger partial charge in [-0.3, -0.25) is 10.5 Å². The van der Waals surface area contributed by atoms with Gasteiger partial charge in [0.2, 0.25) is 0 Å². The van der Waals surface area contributed by atoms with Crippen molar-refractivity contribution < 1.29 is 4.39 Å². The maximum absolute atomic E-state index is 13.0. The minimum atomic E-state index is -0.200. The highest BCUT2D eigenvalue weighted by atomic mass is 32.2. The SMILES string of the molecule is Fc1ccc(C2NNCC2CNCCSc2ncn[nH]2)cc1. The number of hydrazine groups is 1. The zero-order valence-corrected chi connectivity index (χ0v) is 12.9. The van der Waals surface area contributed by atoms with Crippen molar-refractivity contribution in [3.8, 4) is 0 Å². The van der Waals surface area contributed by atoms with Crippen molar-refractivity contribution in [2.24, 2.45) is 5.92 Å². The molecule has 118 valence electrons. The number of nitrogens with one attached hydrogen (secondary N) is 4. The molecule has 2 aromatic rings. The summed E-state index contributed by atoms with van der Waals surface area (Å²) in [6.07, 6.45) is 1.51. The van der Waals surface area contributed by atoms with Crippen LogP contribution in [0.1, 0.15) is 11.6 Å². The molecule has 1 aromatic carbocycles. The molecule has 1 fully saturated rings. The molecule has 6 nitrogen and oxygen atoms in total. The summed E-state index contributed by atoms with van der Waals surface area (Å²) in [7, 11) is 0. The number of rotatable bonds is 7. The molecular weight excluding hydrogens is 303 g/mol. The molecule has 1 aliphatic heterocycles. The number of hydrogen-bond donors (Lipinski definition) is 4. The van der Waals surface area contributed by atoms with Gasteiger partial charge in [-0.2, -0.15) is 5.10 Å². The number of benzene rings is 1. The molecule has 0 amide bonds. The first-order valence-corrected chi connectivity index (χ1v) is 8.24. The maximum atomic E-state index is 13.0. The second-order valence-electron chi connectivity index (χ2n) is 5.16. The fraction of sp³-hybridized carbons (Fsp3) is 0.429. The van der Waals surface area contributed by atoms with Crippen LogP contribution in [0.4, 0.5) is 4.39 Å². The lowest BCUT2D eigenvalue weighted by Crippen LogP contribution is -2.30. The summed E-state index contributed by atoms with van der Waals surface area (Å²) >= 11 is 1.64. The molecule has 2 atom stereocenters. The first-order chi connectivity index (χ1) is 10.8. The molecule has 0 bridgehead atoms. The predicted molar refractivity (Wildman–Crippen MR) is 83.7 cm³/mol. The van der Waals surface area contributed by atoms with E-state index in [2.05, 4.69) is 31.3 Å². The maximum Gasteiger partial charge on any atom is 0.183 e. The molecular formula is C14H19FN6S. The lowest BCUT2D eigenvalue weighted by Gasteiger charge is -2.19. The zero-order valence-electron chi connectivity index (χ0n) is 12.1. The van der Waals surface area contributed by atoms with Crippen LogP contribution < -0.4 is 16.2 Å². The number of nitrogens with zero attached hydrogens (tertiary/aromatic N) is 2. The van der Waals surface area contributed by atoms with E-state index in [9.17, 15) is 4.39 Å². The van der Waals surface area contributed by atoms with Crippen LogP contribution >= 0.6 is 11.8 Å². The van der Waals surface area contributed by atoms with E-state index in [-0.39, 0.29) is 11.9 Å². The average molecular weight is 322 g/mol. The van der Waals surface area contributed by atoms with Gasteiger partial charge in [0.15, 0.2) is 5.16 Å². The van der Waals surface area contributed by atoms with Crippen LogP contribution in [0.25, 0.3) is 0 Å². The van der Waals surface area contributed by atoms with Gasteiger partial charge in [-0.25, -0.2) is 14.8 Å². The molecule has 0 aliphatic carbocycles. The van der Waals surface area contributed by atoms with Gasteiger partial charge in [0.1, 0.15) is 12.1 Å². The average Bonchev–Trinajstić information content (AvgIpc) is 3.19. The summed E-state index contributed by atoms with van der Waals surface area (Å²) in [5.74, 6) is 1.17. The quantitative estimate of drug-likeness (QED) is 0.452. The van der Waals surface area contributed by atoms with Crippen molar-refractivity contribution in [1.82, 2.24) is 31.3 Å². The number of aromatic nitrogens is 3. The fourth-order valence-corrected chi connectivity index (χ4v) is 3.20. The summed E-state index contributed by atoms with van der Waals surface area (Å²) in [5.41, 5.74) is 7.56. The first-order valence-electron chi connectivity index (χ1n) is 7.25. The van der Waals surface area contributed by atoms with E-state index in [1.165, 1.54) is 18.5 Å². The van der Waals surface area contributed by atoms with Crippen molar-refractivity contribution in [3.05, 3.63) is 42.0 Å². The molecule has 0 radical (unpaired) electrons. The smallest absolute Gasteiger partial charge is 0.183 e. The largest absolute Gasteiger partial charge is 0.315 e. The van der Waals surface area contributed by atoms with E-state index in [1.54, 1.807) is 11.8 Å². The standard InChI is InChI=1S/C14H19FN6S/c15-12-3-1-10(2-4-12)13-11(8-18-20-13)7-16-5-6-22-14-17-9-19-21-14/h1-4,9,11,13,16,18,20H,5-8H2,(H,17,19,21). The zero-order chi connectivity index (χ0) is 15.2.